The Morgan fingerprint density at radius 1 is 1.37 bits per heavy atom. The van der Waals surface area contributed by atoms with Gasteiger partial charge in [-0.25, -0.2) is 0 Å². The fourth-order valence-electron chi connectivity index (χ4n) is 3.27. The van der Waals surface area contributed by atoms with Gasteiger partial charge in [-0.2, -0.15) is 0 Å². The van der Waals surface area contributed by atoms with Crippen LogP contribution in [0.25, 0.3) is 0 Å². The number of hydrogen-bond acceptors (Lipinski definition) is 5. The smallest absolute Gasteiger partial charge is 0.191 e. The Morgan fingerprint density at radius 2 is 2.15 bits per heavy atom. The molecule has 150 valence electrons. The van der Waals surface area contributed by atoms with Crippen LogP contribution >= 0.6 is 35.3 Å². The average Bonchev–Trinajstić information content (AvgIpc) is 3.31. The Morgan fingerprint density at radius 3 is 2.74 bits per heavy atom. The van der Waals surface area contributed by atoms with Gasteiger partial charge >= 0.3 is 0 Å². The number of nitrogens with zero attached hydrogens (tertiary/aromatic N) is 5. The summed E-state index contributed by atoms with van der Waals surface area (Å²) in [5, 5.41) is 17.0. The highest BCUT2D eigenvalue weighted by molar-refractivity contribution is 14.0. The van der Waals surface area contributed by atoms with Gasteiger partial charge < -0.3 is 15.2 Å². The second-order valence-corrected chi connectivity index (χ2v) is 7.89. The number of piperidine rings is 1. The lowest BCUT2D eigenvalue weighted by molar-refractivity contribution is 0.140. The van der Waals surface area contributed by atoms with Crippen molar-refractivity contribution in [3.8, 4) is 0 Å². The largest absolute Gasteiger partial charge is 0.354 e. The van der Waals surface area contributed by atoms with E-state index in [1.165, 1.54) is 17.7 Å². The molecule has 1 aliphatic heterocycles. The number of thiophene rings is 1. The summed E-state index contributed by atoms with van der Waals surface area (Å²) in [6.07, 6.45) is 4.26. The Balaban J connectivity index is 0.00000261. The van der Waals surface area contributed by atoms with E-state index in [0.717, 1.165) is 37.3 Å². The maximum absolute atomic E-state index is 4.35. The van der Waals surface area contributed by atoms with Crippen molar-refractivity contribution < 1.29 is 0 Å². The lowest BCUT2D eigenvalue weighted by Gasteiger charge is -2.36. The van der Waals surface area contributed by atoms with Crippen molar-refractivity contribution in [2.75, 3.05) is 26.7 Å². The SMILES string of the molecule is CN=C(NCc1nncn1C)NCC(c1cccs1)N1CCC(C)CC1.I. The average molecular weight is 503 g/mol. The Hall–Kier alpha value is -1.20. The molecule has 27 heavy (non-hydrogen) atoms. The highest BCUT2D eigenvalue weighted by Gasteiger charge is 2.25. The number of hydrogen-bond donors (Lipinski definition) is 2. The Kier molecular flexibility index (Phi) is 8.97. The van der Waals surface area contributed by atoms with E-state index in [0.29, 0.717) is 12.6 Å². The van der Waals surface area contributed by atoms with Gasteiger partial charge in [-0.1, -0.05) is 13.0 Å². The molecule has 1 aliphatic rings. The van der Waals surface area contributed by atoms with Crippen molar-refractivity contribution in [2.45, 2.75) is 32.4 Å². The van der Waals surface area contributed by atoms with E-state index in [1.54, 1.807) is 13.4 Å². The van der Waals surface area contributed by atoms with Crippen LogP contribution in [-0.4, -0.2) is 52.3 Å². The molecular formula is C18H30IN7S. The molecule has 0 amide bonds. The zero-order valence-electron chi connectivity index (χ0n) is 16.3. The maximum Gasteiger partial charge on any atom is 0.191 e. The minimum Gasteiger partial charge on any atom is -0.354 e. The highest BCUT2D eigenvalue weighted by Crippen LogP contribution is 2.28. The van der Waals surface area contributed by atoms with Gasteiger partial charge in [0.05, 0.1) is 12.6 Å². The van der Waals surface area contributed by atoms with Crippen LogP contribution in [0, 0.1) is 5.92 Å². The van der Waals surface area contributed by atoms with E-state index < -0.39 is 0 Å². The lowest BCUT2D eigenvalue weighted by Crippen LogP contribution is -2.44. The van der Waals surface area contributed by atoms with Gasteiger partial charge in [0.1, 0.15) is 6.33 Å². The second kappa shape index (κ2) is 11.0. The quantitative estimate of drug-likeness (QED) is 0.361. The fourth-order valence-corrected chi connectivity index (χ4v) is 4.14. The van der Waals surface area contributed by atoms with E-state index in [2.05, 4.69) is 55.2 Å². The number of likely N-dealkylation sites (tertiary alicyclic amines) is 1. The van der Waals surface area contributed by atoms with E-state index >= 15 is 0 Å². The molecule has 2 N–H and O–H groups in total. The molecule has 1 unspecified atom stereocenters. The molecule has 0 spiro atoms. The lowest BCUT2D eigenvalue weighted by atomic mass is 9.97. The molecule has 2 aromatic rings. The van der Waals surface area contributed by atoms with Crippen molar-refractivity contribution in [3.05, 3.63) is 34.5 Å². The summed E-state index contributed by atoms with van der Waals surface area (Å²) in [7, 11) is 3.74. The third-order valence-corrected chi connectivity index (χ3v) is 6.01. The number of aliphatic imine (C=N–C) groups is 1. The maximum atomic E-state index is 4.35. The van der Waals surface area contributed by atoms with Crippen molar-refractivity contribution in [1.29, 1.82) is 0 Å². The zero-order chi connectivity index (χ0) is 18.4. The van der Waals surface area contributed by atoms with Gasteiger partial charge in [0.25, 0.3) is 0 Å². The number of halogens is 1. The normalized spacial score (nSPS) is 17.4. The molecule has 1 fully saturated rings. The fraction of sp³-hybridized carbons (Fsp3) is 0.611. The standard InChI is InChI=1S/C18H29N7S.HI/c1-14-6-8-25(9-7-14)15(16-5-4-10-26-16)11-20-18(19-2)21-12-17-23-22-13-24(17)3;/h4-5,10,13-15H,6-9,11-12H2,1-3H3,(H2,19,20,21);1H. The molecule has 7 nitrogen and oxygen atoms in total. The van der Waals surface area contributed by atoms with Gasteiger partial charge in [-0.15, -0.1) is 45.5 Å². The van der Waals surface area contributed by atoms with Gasteiger partial charge in [0.2, 0.25) is 0 Å². The molecular weight excluding hydrogens is 473 g/mol. The predicted molar refractivity (Wildman–Crippen MR) is 122 cm³/mol. The monoisotopic (exact) mass is 503 g/mol. The number of aromatic nitrogens is 3. The first kappa shape index (κ1) is 22.1. The van der Waals surface area contributed by atoms with Crippen LogP contribution in [0.3, 0.4) is 0 Å². The van der Waals surface area contributed by atoms with Crippen LogP contribution in [0.15, 0.2) is 28.8 Å². The van der Waals surface area contributed by atoms with Crippen molar-refractivity contribution >= 4 is 41.3 Å². The number of nitrogens with one attached hydrogen (secondary N) is 2. The molecule has 0 aromatic carbocycles. The summed E-state index contributed by atoms with van der Waals surface area (Å²) in [5.41, 5.74) is 0. The van der Waals surface area contributed by atoms with Gasteiger partial charge in [0, 0.05) is 25.5 Å². The van der Waals surface area contributed by atoms with Crippen LogP contribution in [-0.2, 0) is 13.6 Å². The minimum absolute atomic E-state index is 0. The van der Waals surface area contributed by atoms with Crippen molar-refractivity contribution in [2.24, 2.45) is 18.0 Å². The number of aryl methyl sites for hydroxylation is 1. The first-order valence-electron chi connectivity index (χ1n) is 9.22. The van der Waals surface area contributed by atoms with E-state index in [-0.39, 0.29) is 24.0 Å². The highest BCUT2D eigenvalue weighted by atomic mass is 127. The third-order valence-electron chi connectivity index (χ3n) is 5.04. The topological polar surface area (TPSA) is 70.4 Å². The van der Waals surface area contributed by atoms with E-state index in [1.807, 2.05) is 23.0 Å². The van der Waals surface area contributed by atoms with Gasteiger partial charge in [-0.05, 0) is 43.3 Å². The van der Waals surface area contributed by atoms with Gasteiger partial charge in [0.15, 0.2) is 11.8 Å². The minimum atomic E-state index is 0. The third kappa shape index (κ3) is 6.15. The Labute approximate surface area is 182 Å². The molecule has 0 saturated carbocycles. The van der Waals surface area contributed by atoms with Gasteiger partial charge in [-0.3, -0.25) is 9.89 Å². The van der Waals surface area contributed by atoms with Crippen LogP contribution in [0.1, 0.15) is 36.5 Å². The molecule has 0 bridgehead atoms. The zero-order valence-corrected chi connectivity index (χ0v) is 19.4. The molecule has 3 heterocycles. The molecule has 3 rings (SSSR count). The summed E-state index contributed by atoms with van der Waals surface area (Å²) in [5.74, 6) is 2.51. The van der Waals surface area contributed by atoms with Crippen molar-refractivity contribution in [1.82, 2.24) is 30.3 Å². The molecule has 0 aliphatic carbocycles. The van der Waals surface area contributed by atoms with Crippen LogP contribution < -0.4 is 10.6 Å². The predicted octanol–water partition coefficient (Wildman–Crippen LogP) is 2.63. The molecule has 1 saturated heterocycles. The molecule has 2 aromatic heterocycles. The number of guanidine groups is 1. The second-order valence-electron chi connectivity index (χ2n) is 6.91. The van der Waals surface area contributed by atoms with E-state index in [4.69, 9.17) is 0 Å². The number of rotatable bonds is 6. The molecule has 9 heteroatoms. The summed E-state index contributed by atoms with van der Waals surface area (Å²) in [6, 6.07) is 4.77. The van der Waals surface area contributed by atoms with Crippen molar-refractivity contribution in [3.63, 3.8) is 0 Å². The first-order valence-corrected chi connectivity index (χ1v) is 10.1. The van der Waals surface area contributed by atoms with Crippen LogP contribution in [0.4, 0.5) is 0 Å². The first-order chi connectivity index (χ1) is 12.7. The Bertz CT molecular complexity index is 692. The summed E-state index contributed by atoms with van der Waals surface area (Å²) >= 11 is 1.83. The molecule has 0 radical (unpaired) electrons. The van der Waals surface area contributed by atoms with E-state index in [9.17, 15) is 0 Å². The summed E-state index contributed by atoms with van der Waals surface area (Å²) in [4.78, 5) is 8.37. The van der Waals surface area contributed by atoms with Crippen LogP contribution in [0.5, 0.6) is 0 Å². The summed E-state index contributed by atoms with van der Waals surface area (Å²) < 4.78 is 1.91. The molecule has 1 atom stereocenters. The summed E-state index contributed by atoms with van der Waals surface area (Å²) in [6.45, 7) is 6.12. The van der Waals surface area contributed by atoms with Crippen LogP contribution in [0.2, 0.25) is 0 Å².